The van der Waals surface area contributed by atoms with Gasteiger partial charge in [0.15, 0.2) is 11.6 Å². The van der Waals surface area contributed by atoms with E-state index in [-0.39, 0.29) is 11.5 Å². The van der Waals surface area contributed by atoms with Gasteiger partial charge >= 0.3 is 0 Å². The molecule has 2 fully saturated rings. The zero-order chi connectivity index (χ0) is 16.2. The summed E-state index contributed by atoms with van der Waals surface area (Å²) in [5.41, 5.74) is 0.228. The van der Waals surface area contributed by atoms with Crippen LogP contribution in [-0.2, 0) is 0 Å². The number of hydrogen-bond acceptors (Lipinski definition) is 3. The van der Waals surface area contributed by atoms with Crippen molar-refractivity contribution in [2.75, 3.05) is 37.7 Å². The summed E-state index contributed by atoms with van der Waals surface area (Å²) in [6.07, 6.45) is 3.38. The molecule has 0 N–H and O–H groups in total. The monoisotopic (exact) mass is 340 g/mol. The van der Waals surface area contributed by atoms with Crippen molar-refractivity contribution in [2.45, 2.75) is 25.3 Å². The zero-order valence-electron chi connectivity index (χ0n) is 13.1. The Morgan fingerprint density at radius 3 is 2.57 bits per heavy atom. The summed E-state index contributed by atoms with van der Waals surface area (Å²) in [6.45, 7) is 3.21. The Morgan fingerprint density at radius 1 is 1.04 bits per heavy atom. The van der Waals surface area contributed by atoms with Crippen LogP contribution in [0.4, 0.5) is 8.78 Å². The number of halogens is 2. The van der Waals surface area contributed by atoms with Crippen LogP contribution in [-0.4, -0.2) is 59.4 Å². The molecule has 2 heterocycles. The molecule has 0 unspecified atom stereocenters. The van der Waals surface area contributed by atoms with E-state index in [2.05, 4.69) is 4.90 Å². The minimum atomic E-state index is -0.966. The molecule has 0 spiro atoms. The lowest BCUT2D eigenvalue weighted by Gasteiger charge is -2.33. The lowest BCUT2D eigenvalue weighted by Crippen LogP contribution is -2.41. The van der Waals surface area contributed by atoms with Gasteiger partial charge in [-0.15, -0.1) is 0 Å². The van der Waals surface area contributed by atoms with Gasteiger partial charge in [-0.1, -0.05) is 0 Å². The highest BCUT2D eigenvalue weighted by atomic mass is 32.2. The van der Waals surface area contributed by atoms with Crippen molar-refractivity contribution in [3.8, 4) is 0 Å². The molecule has 0 aromatic heterocycles. The van der Waals surface area contributed by atoms with Crippen molar-refractivity contribution in [1.29, 1.82) is 0 Å². The summed E-state index contributed by atoms with van der Waals surface area (Å²) in [5.74, 6) is 0.354. The van der Waals surface area contributed by atoms with Gasteiger partial charge in [-0.05, 0) is 49.0 Å². The Balaban J connectivity index is 1.62. The fourth-order valence-electron chi connectivity index (χ4n) is 3.37. The predicted molar refractivity (Wildman–Crippen MR) is 88.8 cm³/mol. The van der Waals surface area contributed by atoms with Crippen molar-refractivity contribution in [3.63, 3.8) is 0 Å². The van der Waals surface area contributed by atoms with E-state index in [0.717, 1.165) is 31.6 Å². The maximum Gasteiger partial charge on any atom is 0.254 e. The molecular weight excluding hydrogens is 318 g/mol. The van der Waals surface area contributed by atoms with E-state index in [1.165, 1.54) is 30.4 Å². The van der Waals surface area contributed by atoms with E-state index in [1.807, 2.05) is 11.8 Å². The van der Waals surface area contributed by atoms with Gasteiger partial charge in [0.05, 0.1) is 0 Å². The number of carbonyl (C=O) groups is 1. The molecule has 2 aliphatic heterocycles. The normalized spacial score (nSPS) is 21.2. The molecule has 2 saturated heterocycles. The molecule has 6 heteroatoms. The number of thioether (sulfide) groups is 1. The lowest BCUT2D eigenvalue weighted by atomic mass is 10.1. The second-order valence-electron chi connectivity index (χ2n) is 6.15. The quantitative estimate of drug-likeness (QED) is 0.827. The molecular formula is C17H22F2N2OS. The Hall–Kier alpha value is -1.14. The molecule has 126 valence electrons. The van der Waals surface area contributed by atoms with E-state index in [9.17, 15) is 13.6 Å². The second kappa shape index (κ2) is 7.62. The van der Waals surface area contributed by atoms with Crippen molar-refractivity contribution in [2.24, 2.45) is 0 Å². The third-order valence-electron chi connectivity index (χ3n) is 4.69. The van der Waals surface area contributed by atoms with Gasteiger partial charge in [-0.2, -0.15) is 11.8 Å². The van der Waals surface area contributed by atoms with Crippen LogP contribution in [0.15, 0.2) is 18.2 Å². The van der Waals surface area contributed by atoms with Crippen molar-refractivity contribution in [3.05, 3.63) is 35.4 Å². The lowest BCUT2D eigenvalue weighted by molar-refractivity contribution is 0.0756. The van der Waals surface area contributed by atoms with E-state index < -0.39 is 11.6 Å². The minimum Gasteiger partial charge on any atom is -0.337 e. The van der Waals surface area contributed by atoms with Crippen LogP contribution in [0.25, 0.3) is 0 Å². The summed E-state index contributed by atoms with van der Waals surface area (Å²) < 4.78 is 26.4. The van der Waals surface area contributed by atoms with Gasteiger partial charge in [-0.3, -0.25) is 9.69 Å². The first kappa shape index (κ1) is 16.7. The smallest absolute Gasteiger partial charge is 0.254 e. The Kier molecular flexibility index (Phi) is 5.54. The average molecular weight is 340 g/mol. The Morgan fingerprint density at radius 2 is 1.83 bits per heavy atom. The van der Waals surface area contributed by atoms with Crippen molar-refractivity contribution >= 4 is 17.7 Å². The number of rotatable bonds is 2. The first-order valence-corrected chi connectivity index (χ1v) is 9.37. The minimum absolute atomic E-state index is 0.204. The average Bonchev–Trinajstić information content (AvgIpc) is 2.83. The van der Waals surface area contributed by atoms with Crippen LogP contribution in [0, 0.1) is 11.6 Å². The summed E-state index contributed by atoms with van der Waals surface area (Å²) in [7, 11) is 0. The van der Waals surface area contributed by atoms with E-state index in [4.69, 9.17) is 0 Å². The Bertz CT molecular complexity index is 564. The molecule has 0 saturated carbocycles. The molecule has 0 aliphatic carbocycles. The summed E-state index contributed by atoms with van der Waals surface area (Å²) in [5, 5.41) is 0. The summed E-state index contributed by atoms with van der Waals surface area (Å²) in [6, 6.07) is 4.02. The first-order chi connectivity index (χ1) is 11.1. The molecule has 0 radical (unpaired) electrons. The largest absolute Gasteiger partial charge is 0.337 e. The van der Waals surface area contributed by atoms with Gasteiger partial charge in [-0.25, -0.2) is 8.78 Å². The molecule has 1 aromatic carbocycles. The molecule has 1 amide bonds. The number of hydrogen-bond donors (Lipinski definition) is 0. The maximum absolute atomic E-state index is 13.3. The highest BCUT2D eigenvalue weighted by Gasteiger charge is 2.26. The van der Waals surface area contributed by atoms with Crippen LogP contribution >= 0.6 is 11.8 Å². The van der Waals surface area contributed by atoms with Crippen molar-refractivity contribution in [1.82, 2.24) is 9.80 Å². The molecule has 1 aromatic rings. The fraction of sp³-hybridized carbons (Fsp3) is 0.588. The molecule has 0 atom stereocenters. The molecule has 0 bridgehead atoms. The molecule has 23 heavy (non-hydrogen) atoms. The third-order valence-corrected chi connectivity index (χ3v) is 5.74. The molecule has 3 rings (SSSR count). The van der Waals surface area contributed by atoms with Crippen LogP contribution in [0.1, 0.15) is 29.6 Å². The highest BCUT2D eigenvalue weighted by molar-refractivity contribution is 7.99. The Labute approximate surface area is 140 Å². The topological polar surface area (TPSA) is 23.6 Å². The second-order valence-corrected chi connectivity index (χ2v) is 7.38. The SMILES string of the molecule is O=C(c1ccc(F)c(F)c1)N1CCCN(C2CCSCC2)CC1. The van der Waals surface area contributed by atoms with Crippen LogP contribution in [0.5, 0.6) is 0 Å². The van der Waals surface area contributed by atoms with Gasteiger partial charge in [0.1, 0.15) is 0 Å². The maximum atomic E-state index is 13.3. The van der Waals surface area contributed by atoms with E-state index >= 15 is 0 Å². The molecule has 2 aliphatic rings. The number of benzene rings is 1. The molecule has 3 nitrogen and oxygen atoms in total. The third kappa shape index (κ3) is 4.04. The number of carbonyl (C=O) groups excluding carboxylic acids is 1. The summed E-state index contributed by atoms with van der Waals surface area (Å²) in [4.78, 5) is 16.8. The van der Waals surface area contributed by atoms with Gasteiger partial charge < -0.3 is 4.90 Å². The number of amides is 1. The summed E-state index contributed by atoms with van der Waals surface area (Å²) >= 11 is 2.02. The predicted octanol–water partition coefficient (Wildman–Crippen LogP) is 3.01. The van der Waals surface area contributed by atoms with Crippen molar-refractivity contribution < 1.29 is 13.6 Å². The van der Waals surface area contributed by atoms with Gasteiger partial charge in [0, 0.05) is 37.8 Å². The van der Waals surface area contributed by atoms with Gasteiger partial charge in [0.2, 0.25) is 0 Å². The standard InChI is InChI=1S/C17H22F2N2OS/c18-15-3-2-13(12-16(15)19)17(22)21-7-1-6-20(8-9-21)14-4-10-23-11-5-14/h2-3,12,14H,1,4-11H2. The van der Waals surface area contributed by atoms with Crippen LogP contribution in [0.3, 0.4) is 0 Å². The van der Waals surface area contributed by atoms with E-state index in [1.54, 1.807) is 4.90 Å². The highest BCUT2D eigenvalue weighted by Crippen LogP contribution is 2.23. The van der Waals surface area contributed by atoms with Gasteiger partial charge in [0.25, 0.3) is 5.91 Å². The number of nitrogens with zero attached hydrogens (tertiary/aromatic N) is 2. The first-order valence-electron chi connectivity index (χ1n) is 8.21. The zero-order valence-corrected chi connectivity index (χ0v) is 14.0. The fourth-order valence-corrected chi connectivity index (χ4v) is 4.45. The van der Waals surface area contributed by atoms with E-state index in [0.29, 0.717) is 19.1 Å². The van der Waals surface area contributed by atoms with Crippen LogP contribution < -0.4 is 0 Å². The van der Waals surface area contributed by atoms with Crippen LogP contribution in [0.2, 0.25) is 0 Å².